The zero-order valence-corrected chi connectivity index (χ0v) is 16.5. The third-order valence-corrected chi connectivity index (χ3v) is 4.21. The largest absolute Gasteiger partial charge is 0.448 e. The van der Waals surface area contributed by atoms with Crippen LogP contribution in [0.1, 0.15) is 56.0 Å². The number of ether oxygens (including phenoxy) is 1. The van der Waals surface area contributed by atoms with Crippen LogP contribution in [0, 0.1) is 0 Å². The Bertz CT molecular complexity index is 909. The van der Waals surface area contributed by atoms with Crippen molar-refractivity contribution in [2.24, 2.45) is 0 Å². The summed E-state index contributed by atoms with van der Waals surface area (Å²) in [5.41, 5.74) is 1.56. The molecule has 26 heavy (non-hydrogen) atoms. The highest BCUT2D eigenvalue weighted by molar-refractivity contribution is 9.10. The van der Waals surface area contributed by atoms with Crippen molar-refractivity contribution >= 4 is 21.9 Å². The minimum Gasteiger partial charge on any atom is -0.448 e. The van der Waals surface area contributed by atoms with Gasteiger partial charge in [-0.3, -0.25) is 5.10 Å². The molecule has 1 N–H and O–H groups in total. The van der Waals surface area contributed by atoms with Gasteiger partial charge in [-0.25, -0.2) is 4.79 Å². The molecule has 0 aliphatic rings. The van der Waals surface area contributed by atoms with Gasteiger partial charge in [0.25, 0.3) is 5.89 Å². The molecule has 3 rings (SSSR count). The lowest BCUT2D eigenvalue weighted by Gasteiger charge is -2.11. The summed E-state index contributed by atoms with van der Waals surface area (Å²) >= 11 is 3.39. The van der Waals surface area contributed by atoms with E-state index in [-0.39, 0.29) is 17.0 Å². The Morgan fingerprint density at radius 1 is 1.27 bits per heavy atom. The van der Waals surface area contributed by atoms with E-state index in [9.17, 15) is 4.79 Å². The highest BCUT2D eigenvalue weighted by Gasteiger charge is 2.25. The fourth-order valence-corrected chi connectivity index (χ4v) is 2.44. The number of hydrogen-bond donors (Lipinski definition) is 1. The molecular formula is C18H19BrN4O3. The highest BCUT2D eigenvalue weighted by Crippen LogP contribution is 2.24. The van der Waals surface area contributed by atoms with Gasteiger partial charge in [0.1, 0.15) is 5.69 Å². The first kappa shape index (κ1) is 18.3. The summed E-state index contributed by atoms with van der Waals surface area (Å²) in [4.78, 5) is 16.6. The number of carbonyl (C=O) groups excluding carboxylic acids is 1. The van der Waals surface area contributed by atoms with Crippen LogP contribution in [-0.2, 0) is 10.2 Å². The van der Waals surface area contributed by atoms with Crippen molar-refractivity contribution in [2.75, 3.05) is 0 Å². The Morgan fingerprint density at radius 2 is 1.96 bits per heavy atom. The van der Waals surface area contributed by atoms with Crippen molar-refractivity contribution in [3.63, 3.8) is 0 Å². The highest BCUT2D eigenvalue weighted by atomic mass is 79.9. The quantitative estimate of drug-likeness (QED) is 0.629. The molecule has 8 heteroatoms. The van der Waals surface area contributed by atoms with Gasteiger partial charge in [0.15, 0.2) is 11.9 Å². The molecule has 0 bridgehead atoms. The number of halogens is 1. The SMILES string of the molecule is CC(OC(=O)c1cc(-c2ccc(Br)cc2)n[nH]1)c1nc(C(C)(C)C)no1. The van der Waals surface area contributed by atoms with E-state index in [0.29, 0.717) is 11.5 Å². The third kappa shape index (κ3) is 4.01. The summed E-state index contributed by atoms with van der Waals surface area (Å²) in [6.45, 7) is 7.62. The summed E-state index contributed by atoms with van der Waals surface area (Å²) in [5.74, 6) is 0.286. The van der Waals surface area contributed by atoms with Gasteiger partial charge in [0.2, 0.25) is 0 Å². The van der Waals surface area contributed by atoms with Crippen molar-refractivity contribution in [1.82, 2.24) is 20.3 Å². The van der Waals surface area contributed by atoms with E-state index in [0.717, 1.165) is 10.0 Å². The molecule has 3 aromatic rings. The van der Waals surface area contributed by atoms with Gasteiger partial charge < -0.3 is 9.26 Å². The molecule has 1 aromatic carbocycles. The maximum absolute atomic E-state index is 12.3. The Balaban J connectivity index is 1.70. The number of benzene rings is 1. The maximum Gasteiger partial charge on any atom is 0.357 e. The van der Waals surface area contributed by atoms with Gasteiger partial charge in [0, 0.05) is 15.5 Å². The van der Waals surface area contributed by atoms with E-state index in [4.69, 9.17) is 9.26 Å². The van der Waals surface area contributed by atoms with E-state index >= 15 is 0 Å². The van der Waals surface area contributed by atoms with Crippen LogP contribution in [-0.4, -0.2) is 26.3 Å². The van der Waals surface area contributed by atoms with Gasteiger partial charge in [-0.05, 0) is 25.1 Å². The predicted octanol–water partition coefficient (Wildman–Crippen LogP) is 4.44. The molecule has 7 nitrogen and oxygen atoms in total. The normalized spacial score (nSPS) is 12.8. The second-order valence-electron chi connectivity index (χ2n) is 6.93. The Morgan fingerprint density at radius 3 is 2.58 bits per heavy atom. The molecule has 0 saturated carbocycles. The van der Waals surface area contributed by atoms with Gasteiger partial charge in [-0.15, -0.1) is 0 Å². The topological polar surface area (TPSA) is 93.9 Å². The summed E-state index contributed by atoms with van der Waals surface area (Å²) in [7, 11) is 0. The smallest absolute Gasteiger partial charge is 0.357 e. The average molecular weight is 419 g/mol. The van der Waals surface area contributed by atoms with Crippen LogP contribution in [0.15, 0.2) is 39.3 Å². The summed E-state index contributed by atoms with van der Waals surface area (Å²) in [6, 6.07) is 9.28. The molecule has 0 aliphatic heterocycles. The first-order valence-electron chi connectivity index (χ1n) is 8.10. The van der Waals surface area contributed by atoms with Gasteiger partial charge in [-0.1, -0.05) is 54.0 Å². The monoisotopic (exact) mass is 418 g/mol. The van der Waals surface area contributed by atoms with Crippen LogP contribution in [0.25, 0.3) is 11.3 Å². The zero-order chi connectivity index (χ0) is 18.9. The minimum absolute atomic E-state index is 0.242. The molecule has 0 spiro atoms. The van der Waals surface area contributed by atoms with Gasteiger partial charge in [-0.2, -0.15) is 10.1 Å². The molecule has 2 aromatic heterocycles. The zero-order valence-electron chi connectivity index (χ0n) is 14.9. The molecule has 1 unspecified atom stereocenters. The van der Waals surface area contributed by atoms with Crippen LogP contribution in [0.2, 0.25) is 0 Å². The van der Waals surface area contributed by atoms with Crippen molar-refractivity contribution in [2.45, 2.75) is 39.2 Å². The van der Waals surface area contributed by atoms with Crippen LogP contribution < -0.4 is 0 Å². The van der Waals surface area contributed by atoms with Crippen LogP contribution in [0.4, 0.5) is 0 Å². The second kappa shape index (κ2) is 7.03. The molecular weight excluding hydrogens is 400 g/mol. The summed E-state index contributed by atoms with van der Waals surface area (Å²) in [5, 5.41) is 10.8. The first-order valence-corrected chi connectivity index (χ1v) is 8.90. The number of nitrogens with zero attached hydrogens (tertiary/aromatic N) is 3. The third-order valence-electron chi connectivity index (χ3n) is 3.68. The number of hydrogen-bond acceptors (Lipinski definition) is 6. The minimum atomic E-state index is -0.662. The molecule has 2 heterocycles. The Labute approximate surface area is 159 Å². The van der Waals surface area contributed by atoms with Crippen molar-refractivity contribution in [3.05, 3.63) is 52.2 Å². The van der Waals surface area contributed by atoms with E-state index < -0.39 is 12.1 Å². The standard InChI is InChI=1S/C18H19BrN4O3/c1-10(15-20-17(23-26-15)18(2,3)4)25-16(24)14-9-13(21-22-14)11-5-7-12(19)8-6-11/h5-10H,1-4H3,(H,21,22). The molecule has 136 valence electrons. The van der Waals surface area contributed by atoms with E-state index in [1.54, 1.807) is 13.0 Å². The number of carbonyl (C=O) groups is 1. The number of H-pyrrole nitrogens is 1. The summed E-state index contributed by atoms with van der Waals surface area (Å²) in [6.07, 6.45) is -0.662. The van der Waals surface area contributed by atoms with E-state index in [1.165, 1.54) is 0 Å². The second-order valence-corrected chi connectivity index (χ2v) is 7.84. The molecule has 0 aliphatic carbocycles. The van der Waals surface area contributed by atoms with Crippen LogP contribution in [0.5, 0.6) is 0 Å². The van der Waals surface area contributed by atoms with E-state index in [2.05, 4.69) is 36.3 Å². The van der Waals surface area contributed by atoms with Crippen molar-refractivity contribution < 1.29 is 14.1 Å². The Kier molecular flexibility index (Phi) is 4.95. The lowest BCUT2D eigenvalue weighted by Crippen LogP contribution is -2.14. The lowest BCUT2D eigenvalue weighted by atomic mass is 9.96. The molecule has 0 amide bonds. The van der Waals surface area contributed by atoms with Crippen LogP contribution >= 0.6 is 15.9 Å². The first-order chi connectivity index (χ1) is 12.2. The number of aromatic amines is 1. The molecule has 0 saturated heterocycles. The number of aromatic nitrogens is 4. The Hall–Kier alpha value is -2.48. The van der Waals surface area contributed by atoms with Gasteiger partial charge >= 0.3 is 5.97 Å². The van der Waals surface area contributed by atoms with Gasteiger partial charge in [0.05, 0.1) is 5.69 Å². The van der Waals surface area contributed by atoms with Crippen molar-refractivity contribution in [1.29, 1.82) is 0 Å². The number of nitrogens with one attached hydrogen (secondary N) is 1. The fourth-order valence-electron chi connectivity index (χ4n) is 2.17. The number of rotatable bonds is 4. The molecule has 1 atom stereocenters. The average Bonchev–Trinajstić information content (AvgIpc) is 3.25. The fraction of sp³-hybridized carbons (Fsp3) is 0.333. The maximum atomic E-state index is 12.3. The summed E-state index contributed by atoms with van der Waals surface area (Å²) < 4.78 is 11.6. The van der Waals surface area contributed by atoms with E-state index in [1.807, 2.05) is 45.0 Å². The number of esters is 1. The molecule has 0 fully saturated rings. The predicted molar refractivity (Wildman–Crippen MR) is 98.6 cm³/mol. The molecule has 0 radical (unpaired) electrons. The van der Waals surface area contributed by atoms with Crippen molar-refractivity contribution in [3.8, 4) is 11.3 Å². The van der Waals surface area contributed by atoms with Crippen LogP contribution in [0.3, 0.4) is 0 Å². The lowest BCUT2D eigenvalue weighted by molar-refractivity contribution is 0.0258.